The molecule has 1 saturated carbocycles. The lowest BCUT2D eigenvalue weighted by Crippen LogP contribution is -2.45. The molecule has 1 fully saturated rings. The van der Waals surface area contributed by atoms with Crippen LogP contribution in [0, 0.1) is 0 Å². The Hall–Kier alpha value is -1.36. The van der Waals surface area contributed by atoms with E-state index in [1.807, 2.05) is 13.0 Å². The van der Waals surface area contributed by atoms with Gasteiger partial charge in [0.1, 0.15) is 12.1 Å². The highest BCUT2D eigenvalue weighted by atomic mass is 16.5. The van der Waals surface area contributed by atoms with Crippen molar-refractivity contribution in [2.75, 3.05) is 25.6 Å². The predicted octanol–water partition coefficient (Wildman–Crippen LogP) is 1.86. The van der Waals surface area contributed by atoms with E-state index in [0.29, 0.717) is 12.5 Å². The van der Waals surface area contributed by atoms with Gasteiger partial charge >= 0.3 is 0 Å². The number of aromatic nitrogens is 2. The monoisotopic (exact) mass is 237 g/mol. The molecule has 0 saturated heterocycles. The second-order valence-corrected chi connectivity index (χ2v) is 4.27. The fourth-order valence-corrected chi connectivity index (χ4v) is 1.94. The molecule has 0 aromatic carbocycles. The summed E-state index contributed by atoms with van der Waals surface area (Å²) in [7, 11) is 1.77. The van der Waals surface area contributed by atoms with Gasteiger partial charge < -0.3 is 14.8 Å². The molecular weight excluding hydrogens is 218 g/mol. The number of hydrogen-bond donors (Lipinski definition) is 1. The van der Waals surface area contributed by atoms with E-state index >= 15 is 0 Å². The number of anilines is 1. The Kier molecular flexibility index (Phi) is 3.78. The lowest BCUT2D eigenvalue weighted by atomic mass is 9.80. The van der Waals surface area contributed by atoms with Gasteiger partial charge in [-0.05, 0) is 26.2 Å². The average molecular weight is 237 g/mol. The fraction of sp³-hybridized carbons (Fsp3) is 0.667. The largest absolute Gasteiger partial charge is 0.478 e. The summed E-state index contributed by atoms with van der Waals surface area (Å²) in [6, 6.07) is 1.81. The maximum atomic E-state index is 5.54. The van der Waals surface area contributed by atoms with Crippen LogP contribution in [-0.4, -0.2) is 35.8 Å². The molecule has 0 amide bonds. The van der Waals surface area contributed by atoms with Crippen molar-refractivity contribution < 1.29 is 9.47 Å². The summed E-state index contributed by atoms with van der Waals surface area (Å²) in [6.45, 7) is 3.33. The van der Waals surface area contributed by atoms with Crippen molar-refractivity contribution >= 4 is 5.82 Å². The third kappa shape index (κ3) is 2.85. The zero-order chi connectivity index (χ0) is 12.1. The van der Waals surface area contributed by atoms with Crippen molar-refractivity contribution in [3.8, 4) is 5.88 Å². The second kappa shape index (κ2) is 5.31. The first kappa shape index (κ1) is 12.1. The van der Waals surface area contributed by atoms with Crippen molar-refractivity contribution in [1.29, 1.82) is 0 Å². The highest BCUT2D eigenvalue weighted by Crippen LogP contribution is 2.34. The van der Waals surface area contributed by atoms with Gasteiger partial charge in [-0.1, -0.05) is 0 Å². The Bertz CT molecular complexity index is 361. The van der Waals surface area contributed by atoms with Crippen LogP contribution in [0.4, 0.5) is 5.82 Å². The third-order valence-corrected chi connectivity index (χ3v) is 3.22. The Morgan fingerprint density at radius 3 is 2.82 bits per heavy atom. The van der Waals surface area contributed by atoms with Crippen molar-refractivity contribution in [2.24, 2.45) is 0 Å². The molecule has 1 aliphatic rings. The van der Waals surface area contributed by atoms with Crippen molar-refractivity contribution in [1.82, 2.24) is 9.97 Å². The standard InChI is InChI=1S/C12H19N3O2/c1-3-17-11-7-10(14-9-15-11)13-8-12(16-2)5-4-6-12/h7,9H,3-6,8H2,1-2H3,(H,13,14,15). The molecule has 1 heterocycles. The smallest absolute Gasteiger partial charge is 0.218 e. The molecule has 0 aliphatic heterocycles. The molecule has 94 valence electrons. The van der Waals surface area contributed by atoms with Crippen LogP contribution < -0.4 is 10.1 Å². The molecule has 0 bridgehead atoms. The highest BCUT2D eigenvalue weighted by Gasteiger charge is 2.36. The van der Waals surface area contributed by atoms with Crippen molar-refractivity contribution in [3.05, 3.63) is 12.4 Å². The average Bonchev–Trinajstić information content (AvgIpc) is 2.29. The first-order chi connectivity index (χ1) is 8.28. The molecule has 1 aliphatic carbocycles. The molecule has 0 radical (unpaired) electrons. The van der Waals surface area contributed by atoms with Gasteiger partial charge in [0.2, 0.25) is 5.88 Å². The van der Waals surface area contributed by atoms with E-state index in [1.165, 1.54) is 12.7 Å². The first-order valence-electron chi connectivity index (χ1n) is 6.02. The summed E-state index contributed by atoms with van der Waals surface area (Å²) in [4.78, 5) is 8.18. The van der Waals surface area contributed by atoms with Gasteiger partial charge in [-0.25, -0.2) is 9.97 Å². The number of ether oxygens (including phenoxy) is 2. The van der Waals surface area contributed by atoms with Crippen LogP contribution in [0.15, 0.2) is 12.4 Å². The Morgan fingerprint density at radius 1 is 1.41 bits per heavy atom. The van der Waals surface area contributed by atoms with Crippen LogP contribution in [-0.2, 0) is 4.74 Å². The minimum atomic E-state index is -0.00325. The SMILES string of the molecule is CCOc1cc(NCC2(OC)CCC2)ncn1. The maximum absolute atomic E-state index is 5.54. The minimum absolute atomic E-state index is 0.00325. The zero-order valence-electron chi connectivity index (χ0n) is 10.4. The van der Waals surface area contributed by atoms with Crippen LogP contribution in [0.1, 0.15) is 26.2 Å². The van der Waals surface area contributed by atoms with E-state index in [0.717, 1.165) is 25.2 Å². The normalized spacial score (nSPS) is 17.3. The lowest BCUT2D eigenvalue weighted by molar-refractivity contribution is -0.0601. The fourth-order valence-electron chi connectivity index (χ4n) is 1.94. The molecule has 5 nitrogen and oxygen atoms in total. The van der Waals surface area contributed by atoms with Gasteiger partial charge in [0.15, 0.2) is 0 Å². The van der Waals surface area contributed by atoms with E-state index in [2.05, 4.69) is 15.3 Å². The van der Waals surface area contributed by atoms with Crippen molar-refractivity contribution in [2.45, 2.75) is 31.8 Å². The summed E-state index contributed by atoms with van der Waals surface area (Å²) >= 11 is 0. The molecular formula is C12H19N3O2. The van der Waals surface area contributed by atoms with Gasteiger partial charge in [0.05, 0.1) is 12.2 Å². The van der Waals surface area contributed by atoms with Gasteiger partial charge in [-0.2, -0.15) is 0 Å². The molecule has 1 aromatic heterocycles. The number of nitrogens with zero attached hydrogens (tertiary/aromatic N) is 2. The molecule has 5 heteroatoms. The Labute approximate surface area is 102 Å². The molecule has 0 atom stereocenters. The van der Waals surface area contributed by atoms with Gasteiger partial charge in [0.25, 0.3) is 0 Å². The Balaban J connectivity index is 1.92. The summed E-state index contributed by atoms with van der Waals surface area (Å²) in [5.74, 6) is 1.39. The van der Waals surface area contributed by atoms with Crippen LogP contribution in [0.3, 0.4) is 0 Å². The minimum Gasteiger partial charge on any atom is -0.478 e. The van der Waals surface area contributed by atoms with E-state index in [-0.39, 0.29) is 5.60 Å². The van der Waals surface area contributed by atoms with Crippen LogP contribution in [0.25, 0.3) is 0 Å². The molecule has 0 unspecified atom stereocenters. The van der Waals surface area contributed by atoms with Gasteiger partial charge in [-0.15, -0.1) is 0 Å². The number of rotatable bonds is 6. The third-order valence-electron chi connectivity index (χ3n) is 3.22. The molecule has 2 rings (SSSR count). The number of methoxy groups -OCH3 is 1. The lowest BCUT2D eigenvalue weighted by Gasteiger charge is -2.40. The maximum Gasteiger partial charge on any atom is 0.218 e. The van der Waals surface area contributed by atoms with Crippen LogP contribution in [0.2, 0.25) is 0 Å². The van der Waals surface area contributed by atoms with E-state index < -0.39 is 0 Å². The first-order valence-corrected chi connectivity index (χ1v) is 6.02. The Morgan fingerprint density at radius 2 is 2.24 bits per heavy atom. The molecule has 1 N–H and O–H groups in total. The van der Waals surface area contributed by atoms with E-state index in [9.17, 15) is 0 Å². The topological polar surface area (TPSA) is 56.3 Å². The number of hydrogen-bond acceptors (Lipinski definition) is 5. The van der Waals surface area contributed by atoms with Crippen LogP contribution in [0.5, 0.6) is 5.88 Å². The van der Waals surface area contributed by atoms with E-state index in [1.54, 1.807) is 7.11 Å². The van der Waals surface area contributed by atoms with Crippen LogP contribution >= 0.6 is 0 Å². The zero-order valence-corrected chi connectivity index (χ0v) is 10.4. The summed E-state index contributed by atoms with van der Waals surface area (Å²) < 4.78 is 10.9. The predicted molar refractivity (Wildman–Crippen MR) is 65.3 cm³/mol. The van der Waals surface area contributed by atoms with E-state index in [4.69, 9.17) is 9.47 Å². The summed E-state index contributed by atoms with van der Waals surface area (Å²) in [5, 5.41) is 3.28. The number of nitrogens with one attached hydrogen (secondary N) is 1. The second-order valence-electron chi connectivity index (χ2n) is 4.27. The van der Waals surface area contributed by atoms with Crippen molar-refractivity contribution in [3.63, 3.8) is 0 Å². The molecule has 17 heavy (non-hydrogen) atoms. The summed E-state index contributed by atoms with van der Waals surface area (Å²) in [6.07, 6.45) is 4.97. The van der Waals surface area contributed by atoms with Gasteiger partial charge in [0, 0.05) is 19.7 Å². The molecule has 1 aromatic rings. The van der Waals surface area contributed by atoms with Gasteiger partial charge in [-0.3, -0.25) is 0 Å². The molecule has 0 spiro atoms. The quantitative estimate of drug-likeness (QED) is 0.818. The summed E-state index contributed by atoms with van der Waals surface area (Å²) in [5.41, 5.74) is -0.00325. The highest BCUT2D eigenvalue weighted by molar-refractivity contribution is 5.37.